The fourth-order valence-corrected chi connectivity index (χ4v) is 1.81. The Morgan fingerprint density at radius 1 is 1.41 bits per heavy atom. The van der Waals surface area contributed by atoms with Crippen LogP contribution in [0.5, 0.6) is 0 Å². The van der Waals surface area contributed by atoms with Crippen molar-refractivity contribution in [2.24, 2.45) is 0 Å². The highest BCUT2D eigenvalue weighted by Crippen LogP contribution is 2.18. The van der Waals surface area contributed by atoms with Crippen LogP contribution in [-0.2, 0) is 4.79 Å². The van der Waals surface area contributed by atoms with Crippen molar-refractivity contribution in [2.75, 3.05) is 5.43 Å². The molecule has 0 radical (unpaired) electrons. The molecule has 0 saturated heterocycles. The fourth-order valence-electron chi connectivity index (χ4n) is 1.81. The van der Waals surface area contributed by atoms with Gasteiger partial charge in [-0.15, -0.1) is 0 Å². The lowest BCUT2D eigenvalue weighted by molar-refractivity contribution is -0.117. The number of carbonyl (C=O) groups excluding carboxylic acids is 2. The van der Waals surface area contributed by atoms with E-state index in [9.17, 15) is 9.59 Å². The molecule has 0 aliphatic heterocycles. The molecule has 1 amide bonds. The standard InChI is InChI=1S/C13H14N2O2/c1-2-5-13(17)14-15-8-10(9-16)11-6-3-4-7-12(11)15/h3-4,6-9H,2,5H2,1H3,(H,14,17). The Labute approximate surface area is 99.2 Å². The van der Waals surface area contributed by atoms with E-state index < -0.39 is 0 Å². The Morgan fingerprint density at radius 2 is 2.18 bits per heavy atom. The Balaban J connectivity index is 2.40. The zero-order valence-electron chi connectivity index (χ0n) is 9.64. The van der Waals surface area contributed by atoms with Crippen LogP contribution in [0.4, 0.5) is 0 Å². The van der Waals surface area contributed by atoms with Crippen molar-refractivity contribution in [2.45, 2.75) is 19.8 Å². The van der Waals surface area contributed by atoms with Gasteiger partial charge in [0.25, 0.3) is 0 Å². The molecule has 0 bridgehead atoms. The third kappa shape index (κ3) is 2.20. The minimum Gasteiger partial charge on any atom is -0.298 e. The molecule has 2 aromatic rings. The summed E-state index contributed by atoms with van der Waals surface area (Å²) in [5.74, 6) is -0.0503. The summed E-state index contributed by atoms with van der Waals surface area (Å²) < 4.78 is 1.61. The fraction of sp³-hybridized carbons (Fsp3) is 0.231. The zero-order valence-corrected chi connectivity index (χ0v) is 9.64. The van der Waals surface area contributed by atoms with Crippen molar-refractivity contribution in [3.05, 3.63) is 36.0 Å². The topological polar surface area (TPSA) is 51.1 Å². The Bertz CT molecular complexity index is 558. The van der Waals surface area contributed by atoms with Gasteiger partial charge in [0.05, 0.1) is 5.52 Å². The normalized spacial score (nSPS) is 10.4. The van der Waals surface area contributed by atoms with Gasteiger partial charge in [0.15, 0.2) is 6.29 Å². The Kier molecular flexibility index (Phi) is 3.23. The molecule has 2 rings (SSSR count). The molecule has 4 heteroatoms. The zero-order chi connectivity index (χ0) is 12.3. The first-order chi connectivity index (χ1) is 8.26. The quantitative estimate of drug-likeness (QED) is 0.819. The second kappa shape index (κ2) is 4.82. The van der Waals surface area contributed by atoms with Crippen LogP contribution in [0.15, 0.2) is 30.5 Å². The van der Waals surface area contributed by atoms with Crippen molar-refractivity contribution in [1.29, 1.82) is 0 Å². The number of nitrogens with one attached hydrogen (secondary N) is 1. The first-order valence-corrected chi connectivity index (χ1v) is 5.61. The van der Waals surface area contributed by atoms with E-state index in [0.717, 1.165) is 23.6 Å². The van der Waals surface area contributed by atoms with Crippen LogP contribution < -0.4 is 5.43 Å². The number of hydrogen-bond donors (Lipinski definition) is 1. The third-order valence-corrected chi connectivity index (χ3v) is 2.59. The lowest BCUT2D eigenvalue weighted by Crippen LogP contribution is -2.21. The highest BCUT2D eigenvalue weighted by Gasteiger charge is 2.08. The lowest BCUT2D eigenvalue weighted by atomic mass is 10.2. The molecule has 1 N–H and O–H groups in total. The number of benzene rings is 1. The summed E-state index contributed by atoms with van der Waals surface area (Å²) in [7, 11) is 0. The van der Waals surface area contributed by atoms with Crippen LogP contribution >= 0.6 is 0 Å². The van der Waals surface area contributed by atoms with E-state index in [1.165, 1.54) is 0 Å². The van der Waals surface area contributed by atoms with Gasteiger partial charge in [-0.25, -0.2) is 0 Å². The molecule has 1 aromatic carbocycles. The maximum atomic E-state index is 11.5. The van der Waals surface area contributed by atoms with Gasteiger partial charge in [-0.1, -0.05) is 25.1 Å². The highest BCUT2D eigenvalue weighted by atomic mass is 16.2. The lowest BCUT2D eigenvalue weighted by Gasteiger charge is -2.06. The molecular weight excluding hydrogens is 216 g/mol. The average molecular weight is 230 g/mol. The smallest absolute Gasteiger partial charge is 0.238 e. The summed E-state index contributed by atoms with van der Waals surface area (Å²) in [6.45, 7) is 1.95. The molecule has 1 heterocycles. The molecule has 17 heavy (non-hydrogen) atoms. The maximum absolute atomic E-state index is 11.5. The molecule has 1 aromatic heterocycles. The third-order valence-electron chi connectivity index (χ3n) is 2.59. The minimum atomic E-state index is -0.0503. The first-order valence-electron chi connectivity index (χ1n) is 5.61. The van der Waals surface area contributed by atoms with Crippen LogP contribution in [0.2, 0.25) is 0 Å². The van der Waals surface area contributed by atoms with Crippen molar-refractivity contribution >= 4 is 23.1 Å². The number of rotatable bonds is 4. The van der Waals surface area contributed by atoms with Crippen LogP contribution in [0, 0.1) is 0 Å². The number of aldehydes is 1. The molecule has 0 unspecified atom stereocenters. The molecule has 0 aliphatic carbocycles. The molecule has 88 valence electrons. The van der Waals surface area contributed by atoms with E-state index in [0.29, 0.717) is 12.0 Å². The summed E-state index contributed by atoms with van der Waals surface area (Å²) in [5.41, 5.74) is 4.17. The van der Waals surface area contributed by atoms with Gasteiger partial charge in [0, 0.05) is 23.6 Å². The number of fused-ring (bicyclic) bond motifs is 1. The SMILES string of the molecule is CCCC(=O)Nn1cc(C=O)c2ccccc21. The van der Waals surface area contributed by atoms with Crippen molar-refractivity contribution < 1.29 is 9.59 Å². The summed E-state index contributed by atoms with van der Waals surface area (Å²) in [6, 6.07) is 7.48. The van der Waals surface area contributed by atoms with Gasteiger partial charge in [-0.2, -0.15) is 0 Å². The summed E-state index contributed by atoms with van der Waals surface area (Å²) in [6.07, 6.45) is 3.71. The average Bonchev–Trinajstić information content (AvgIpc) is 2.68. The van der Waals surface area contributed by atoms with E-state index in [-0.39, 0.29) is 5.91 Å². The van der Waals surface area contributed by atoms with E-state index in [4.69, 9.17) is 0 Å². The van der Waals surface area contributed by atoms with Gasteiger partial charge in [-0.3, -0.25) is 19.7 Å². The van der Waals surface area contributed by atoms with Gasteiger partial charge in [0.1, 0.15) is 0 Å². The summed E-state index contributed by atoms with van der Waals surface area (Å²) in [4.78, 5) is 22.5. The van der Waals surface area contributed by atoms with Gasteiger partial charge < -0.3 is 0 Å². The Hall–Kier alpha value is -2.10. The van der Waals surface area contributed by atoms with Crippen LogP contribution in [0.25, 0.3) is 10.9 Å². The second-order valence-corrected chi connectivity index (χ2v) is 3.87. The van der Waals surface area contributed by atoms with E-state index in [2.05, 4.69) is 5.43 Å². The second-order valence-electron chi connectivity index (χ2n) is 3.87. The van der Waals surface area contributed by atoms with Crippen molar-refractivity contribution in [3.8, 4) is 0 Å². The van der Waals surface area contributed by atoms with Gasteiger partial charge in [-0.05, 0) is 12.5 Å². The monoisotopic (exact) mass is 230 g/mol. The summed E-state index contributed by atoms with van der Waals surface area (Å²) in [5, 5.41) is 0.847. The predicted molar refractivity (Wildman–Crippen MR) is 66.6 cm³/mol. The van der Waals surface area contributed by atoms with Crippen LogP contribution in [0.3, 0.4) is 0 Å². The molecular formula is C13H14N2O2. The molecule has 0 saturated carbocycles. The molecule has 0 aliphatic rings. The van der Waals surface area contributed by atoms with Gasteiger partial charge >= 0.3 is 0 Å². The largest absolute Gasteiger partial charge is 0.298 e. The Morgan fingerprint density at radius 3 is 2.88 bits per heavy atom. The number of hydrogen-bond acceptors (Lipinski definition) is 2. The summed E-state index contributed by atoms with van der Waals surface area (Å²) >= 11 is 0. The highest BCUT2D eigenvalue weighted by molar-refractivity contribution is 5.98. The number of amides is 1. The van der Waals surface area contributed by atoms with E-state index in [1.807, 2.05) is 31.2 Å². The van der Waals surface area contributed by atoms with Gasteiger partial charge in [0.2, 0.25) is 5.91 Å². The van der Waals surface area contributed by atoms with Crippen molar-refractivity contribution in [1.82, 2.24) is 4.68 Å². The number of para-hydroxylation sites is 1. The predicted octanol–water partition coefficient (Wildman–Crippen LogP) is 2.32. The molecule has 0 atom stereocenters. The molecule has 0 fully saturated rings. The number of aromatic nitrogens is 1. The van der Waals surface area contributed by atoms with E-state index >= 15 is 0 Å². The number of nitrogens with zero attached hydrogens (tertiary/aromatic N) is 1. The number of carbonyl (C=O) groups is 2. The maximum Gasteiger partial charge on any atom is 0.238 e. The molecule has 0 spiro atoms. The van der Waals surface area contributed by atoms with Crippen molar-refractivity contribution in [3.63, 3.8) is 0 Å². The first kappa shape index (κ1) is 11.4. The minimum absolute atomic E-state index is 0.0503. The molecule has 4 nitrogen and oxygen atoms in total. The van der Waals surface area contributed by atoms with Crippen LogP contribution in [-0.4, -0.2) is 16.9 Å². The van der Waals surface area contributed by atoms with Crippen LogP contribution in [0.1, 0.15) is 30.1 Å². The van der Waals surface area contributed by atoms with E-state index in [1.54, 1.807) is 10.9 Å².